The maximum atomic E-state index is 12.8. The van der Waals surface area contributed by atoms with Gasteiger partial charge in [0.1, 0.15) is 0 Å². The van der Waals surface area contributed by atoms with E-state index < -0.39 is 0 Å². The minimum Gasteiger partial charge on any atom is -0.462 e. The largest absolute Gasteiger partial charge is 0.462 e. The molecule has 2 aromatic rings. The van der Waals surface area contributed by atoms with Gasteiger partial charge in [0.15, 0.2) is 0 Å². The molecule has 1 aliphatic rings. The molecule has 0 bridgehead atoms. The molecule has 1 aliphatic carbocycles. The van der Waals surface area contributed by atoms with E-state index in [1.807, 2.05) is 30.2 Å². The average Bonchev–Trinajstić information content (AvgIpc) is 2.74. The number of rotatable bonds is 6. The third kappa shape index (κ3) is 4.86. The van der Waals surface area contributed by atoms with Gasteiger partial charge < -0.3 is 15.0 Å². The highest BCUT2D eigenvalue weighted by Crippen LogP contribution is 2.28. The summed E-state index contributed by atoms with van der Waals surface area (Å²) in [7, 11) is 1.90. The molecular weight excluding hydrogens is 423 g/mol. The fourth-order valence-corrected chi connectivity index (χ4v) is 3.75. The number of hydrogen-bond donors (Lipinski definition) is 1. The Morgan fingerprint density at radius 3 is 2.40 bits per heavy atom. The average molecular weight is 445 g/mol. The summed E-state index contributed by atoms with van der Waals surface area (Å²) >= 11 is 12.4. The Balaban J connectivity index is 1.85. The molecule has 0 unspecified atom stereocenters. The first-order valence-electron chi connectivity index (χ1n) is 9.58. The number of carbonyl (C=O) groups is 2. The first-order valence-corrected chi connectivity index (χ1v) is 10.3. The van der Waals surface area contributed by atoms with Crippen LogP contribution in [0, 0.1) is 0 Å². The highest BCUT2D eigenvalue weighted by atomic mass is 35.5. The number of allylic oxidation sites excluding steroid dienone is 3. The molecule has 0 atom stereocenters. The Morgan fingerprint density at radius 2 is 1.77 bits per heavy atom. The molecule has 0 saturated heterocycles. The van der Waals surface area contributed by atoms with Crippen LogP contribution in [0.15, 0.2) is 66.0 Å². The molecule has 3 rings (SSSR count). The third-order valence-electron chi connectivity index (χ3n) is 4.73. The smallest absolute Gasteiger partial charge is 0.338 e. The van der Waals surface area contributed by atoms with Crippen LogP contribution >= 0.6 is 23.2 Å². The molecule has 1 N–H and O–H groups in total. The molecule has 0 aliphatic heterocycles. The number of nitrogens with one attached hydrogen (secondary N) is 1. The second-order valence-corrected chi connectivity index (χ2v) is 7.50. The van der Waals surface area contributed by atoms with Crippen LogP contribution in [-0.4, -0.2) is 25.5 Å². The zero-order valence-electron chi connectivity index (χ0n) is 16.7. The van der Waals surface area contributed by atoms with Gasteiger partial charge >= 0.3 is 5.97 Å². The normalized spacial score (nSPS) is 13.2. The lowest BCUT2D eigenvalue weighted by Crippen LogP contribution is -2.29. The number of anilines is 1. The summed E-state index contributed by atoms with van der Waals surface area (Å²) in [6, 6.07) is 12.1. The number of amides is 1. The molecule has 0 fully saturated rings. The lowest BCUT2D eigenvalue weighted by atomic mass is 10.1. The summed E-state index contributed by atoms with van der Waals surface area (Å²) in [5.41, 5.74) is 3.23. The summed E-state index contributed by atoms with van der Waals surface area (Å²) in [5.74, 6) is -0.701. The minimum atomic E-state index is -0.354. The van der Waals surface area contributed by atoms with Gasteiger partial charge in [0.25, 0.3) is 5.91 Å². The van der Waals surface area contributed by atoms with Crippen molar-refractivity contribution >= 4 is 40.8 Å². The fourth-order valence-electron chi connectivity index (χ4n) is 3.18. The van der Waals surface area contributed by atoms with Crippen molar-refractivity contribution in [2.75, 3.05) is 18.6 Å². The van der Waals surface area contributed by atoms with Gasteiger partial charge in [-0.1, -0.05) is 35.3 Å². The van der Waals surface area contributed by atoms with Gasteiger partial charge in [0, 0.05) is 18.4 Å². The third-order valence-corrected chi connectivity index (χ3v) is 5.36. The van der Waals surface area contributed by atoms with Crippen molar-refractivity contribution in [3.05, 3.63) is 87.2 Å². The molecular formula is C23H22Cl2N2O3. The molecule has 5 nitrogen and oxygen atoms in total. The van der Waals surface area contributed by atoms with Crippen molar-refractivity contribution in [3.63, 3.8) is 0 Å². The van der Waals surface area contributed by atoms with Crippen molar-refractivity contribution in [1.82, 2.24) is 5.32 Å². The lowest BCUT2D eigenvalue weighted by molar-refractivity contribution is 0.0526. The maximum absolute atomic E-state index is 12.8. The Morgan fingerprint density at radius 1 is 1.10 bits per heavy atom. The minimum absolute atomic E-state index is 0.253. The van der Waals surface area contributed by atoms with Crippen LogP contribution in [0.1, 0.15) is 40.5 Å². The number of carbonyl (C=O) groups excluding carboxylic acids is 2. The van der Waals surface area contributed by atoms with E-state index in [-0.39, 0.29) is 17.4 Å². The Hall–Kier alpha value is -2.76. The van der Waals surface area contributed by atoms with Crippen LogP contribution in [-0.2, 0) is 4.74 Å². The van der Waals surface area contributed by atoms with Gasteiger partial charge in [-0.15, -0.1) is 0 Å². The molecule has 0 heterocycles. The predicted molar refractivity (Wildman–Crippen MR) is 120 cm³/mol. The number of nitrogens with zero attached hydrogens (tertiary/aromatic N) is 1. The number of halogens is 2. The van der Waals surface area contributed by atoms with Crippen molar-refractivity contribution in [3.8, 4) is 0 Å². The van der Waals surface area contributed by atoms with E-state index in [2.05, 4.69) is 11.4 Å². The van der Waals surface area contributed by atoms with Crippen molar-refractivity contribution < 1.29 is 14.3 Å². The van der Waals surface area contributed by atoms with E-state index in [1.54, 1.807) is 37.3 Å². The van der Waals surface area contributed by atoms with Gasteiger partial charge in [-0.05, 0) is 62.2 Å². The first kappa shape index (κ1) is 21.9. The number of benzene rings is 2. The zero-order valence-corrected chi connectivity index (χ0v) is 18.3. The SMILES string of the molecule is CCOC(=O)c1ccc(N(C)C2=C(NC(=O)c3c(Cl)cccc3Cl)CCC=C2)cc1. The van der Waals surface area contributed by atoms with E-state index in [0.29, 0.717) is 28.6 Å². The first-order chi connectivity index (χ1) is 14.4. The van der Waals surface area contributed by atoms with Crippen molar-refractivity contribution in [1.29, 1.82) is 0 Å². The van der Waals surface area contributed by atoms with Crippen LogP contribution < -0.4 is 10.2 Å². The molecule has 0 spiro atoms. The van der Waals surface area contributed by atoms with E-state index in [9.17, 15) is 9.59 Å². The molecule has 0 saturated carbocycles. The van der Waals surface area contributed by atoms with Gasteiger partial charge in [0.2, 0.25) is 0 Å². The highest BCUT2D eigenvalue weighted by Gasteiger charge is 2.20. The molecule has 0 aromatic heterocycles. The quantitative estimate of drug-likeness (QED) is 0.589. The van der Waals surface area contributed by atoms with E-state index in [0.717, 1.165) is 23.5 Å². The molecule has 156 valence electrons. The van der Waals surface area contributed by atoms with Crippen molar-refractivity contribution in [2.45, 2.75) is 19.8 Å². The predicted octanol–water partition coefficient (Wildman–Crippen LogP) is 5.60. The Bertz CT molecular complexity index is 993. The summed E-state index contributed by atoms with van der Waals surface area (Å²) in [5, 5.41) is 3.57. The van der Waals surface area contributed by atoms with Crippen LogP contribution in [0.5, 0.6) is 0 Å². The van der Waals surface area contributed by atoms with Gasteiger partial charge in [-0.3, -0.25) is 4.79 Å². The Labute approximate surface area is 185 Å². The molecule has 7 heteroatoms. The van der Waals surface area contributed by atoms with E-state index in [4.69, 9.17) is 27.9 Å². The number of esters is 1. The van der Waals surface area contributed by atoms with Gasteiger partial charge in [-0.2, -0.15) is 0 Å². The summed E-state index contributed by atoms with van der Waals surface area (Å²) in [6.45, 7) is 2.10. The van der Waals surface area contributed by atoms with E-state index in [1.165, 1.54) is 0 Å². The lowest BCUT2D eigenvalue weighted by Gasteiger charge is -2.26. The zero-order chi connectivity index (χ0) is 21.7. The van der Waals surface area contributed by atoms with Crippen LogP contribution in [0.25, 0.3) is 0 Å². The molecule has 0 radical (unpaired) electrons. The maximum Gasteiger partial charge on any atom is 0.338 e. The highest BCUT2D eigenvalue weighted by molar-refractivity contribution is 6.39. The number of hydrogen-bond acceptors (Lipinski definition) is 4. The topological polar surface area (TPSA) is 58.6 Å². The monoisotopic (exact) mass is 444 g/mol. The summed E-state index contributed by atoms with van der Waals surface area (Å²) < 4.78 is 5.02. The number of likely N-dealkylation sites (N-methyl/N-ethyl adjacent to an activating group) is 1. The van der Waals surface area contributed by atoms with Crippen LogP contribution in [0.4, 0.5) is 5.69 Å². The summed E-state index contributed by atoms with van der Waals surface area (Å²) in [4.78, 5) is 26.7. The molecule has 1 amide bonds. The molecule has 30 heavy (non-hydrogen) atoms. The van der Waals surface area contributed by atoms with Gasteiger partial charge in [-0.25, -0.2) is 4.79 Å². The standard InChI is InChI=1S/C23H22Cl2N2O3/c1-3-30-23(29)15-11-13-16(14-12-15)27(2)20-10-5-4-9-19(20)26-22(28)21-17(24)7-6-8-18(21)25/h5-8,10-14H,3-4,9H2,1-2H3,(H,26,28). The van der Waals surface area contributed by atoms with Gasteiger partial charge in [0.05, 0.1) is 33.5 Å². The summed E-state index contributed by atoms with van der Waals surface area (Å²) in [6.07, 6.45) is 5.50. The fraction of sp³-hybridized carbons (Fsp3) is 0.217. The van der Waals surface area contributed by atoms with Crippen LogP contribution in [0.3, 0.4) is 0 Å². The Kier molecular flexibility index (Phi) is 7.19. The molecule has 2 aromatic carbocycles. The number of ether oxygens (including phenoxy) is 1. The van der Waals surface area contributed by atoms with Crippen LogP contribution in [0.2, 0.25) is 10.0 Å². The second-order valence-electron chi connectivity index (χ2n) is 6.68. The van der Waals surface area contributed by atoms with E-state index >= 15 is 0 Å². The second kappa shape index (κ2) is 9.83. The van der Waals surface area contributed by atoms with Crippen molar-refractivity contribution in [2.24, 2.45) is 0 Å².